The van der Waals surface area contributed by atoms with E-state index in [0.717, 1.165) is 5.56 Å². The van der Waals surface area contributed by atoms with E-state index in [-0.39, 0.29) is 36.0 Å². The minimum absolute atomic E-state index is 0.157. The molecule has 3 aromatic rings. The third-order valence-corrected chi connectivity index (χ3v) is 4.01. The van der Waals surface area contributed by atoms with Gasteiger partial charge < -0.3 is 9.84 Å². The van der Waals surface area contributed by atoms with E-state index < -0.39 is 5.82 Å². The molecule has 0 fully saturated rings. The molecular weight excluding hydrogens is 345 g/mol. The second-order valence-electron chi connectivity index (χ2n) is 5.50. The van der Waals surface area contributed by atoms with Gasteiger partial charge in [-0.2, -0.15) is 4.98 Å². The first-order valence-corrected chi connectivity index (χ1v) is 8.04. The number of aryl methyl sites for hydroxylation is 2. The first kappa shape index (κ1) is 17.1. The molecule has 0 aliphatic carbocycles. The van der Waals surface area contributed by atoms with Crippen LogP contribution in [0.25, 0.3) is 11.4 Å². The van der Waals surface area contributed by atoms with Gasteiger partial charge >= 0.3 is 0 Å². The number of rotatable bonds is 5. The lowest BCUT2D eigenvalue weighted by atomic mass is 10.2. The Morgan fingerprint density at radius 3 is 2.84 bits per heavy atom. The number of amides is 1. The number of anilines is 1. The number of halogens is 2. The minimum Gasteiger partial charge on any atom is -0.339 e. The van der Waals surface area contributed by atoms with Crippen LogP contribution in [-0.2, 0) is 11.2 Å². The van der Waals surface area contributed by atoms with E-state index >= 15 is 0 Å². The SMILES string of the molecule is Cc1ccc(NC(=O)CCc2nc(-c3ccccc3F)no2)cc1Cl. The standard InChI is InChI=1S/C18H15ClFN3O2/c1-11-6-7-12(10-14(11)19)21-16(24)8-9-17-22-18(23-25-17)13-4-2-3-5-15(13)20/h2-7,10H,8-9H2,1H3,(H,21,24). The van der Waals surface area contributed by atoms with Crippen molar-refractivity contribution in [2.24, 2.45) is 0 Å². The highest BCUT2D eigenvalue weighted by Gasteiger charge is 2.13. The average Bonchev–Trinajstić information content (AvgIpc) is 3.05. The monoisotopic (exact) mass is 359 g/mol. The number of nitrogens with zero attached hydrogens (tertiary/aromatic N) is 2. The lowest BCUT2D eigenvalue weighted by molar-refractivity contribution is -0.116. The fourth-order valence-electron chi connectivity index (χ4n) is 2.22. The van der Waals surface area contributed by atoms with Gasteiger partial charge in [-0.05, 0) is 36.8 Å². The summed E-state index contributed by atoms with van der Waals surface area (Å²) >= 11 is 6.03. The van der Waals surface area contributed by atoms with Gasteiger partial charge in [0.2, 0.25) is 17.6 Å². The molecular formula is C18H15ClFN3O2. The summed E-state index contributed by atoms with van der Waals surface area (Å²) in [4.78, 5) is 16.1. The number of benzene rings is 2. The van der Waals surface area contributed by atoms with Crippen LogP contribution in [0.3, 0.4) is 0 Å². The summed E-state index contributed by atoms with van der Waals surface area (Å²) in [7, 11) is 0. The molecule has 7 heteroatoms. The largest absolute Gasteiger partial charge is 0.339 e. The lowest BCUT2D eigenvalue weighted by Gasteiger charge is -2.06. The zero-order valence-electron chi connectivity index (χ0n) is 13.4. The number of aromatic nitrogens is 2. The first-order valence-electron chi connectivity index (χ1n) is 7.66. The third kappa shape index (κ3) is 4.22. The molecule has 0 spiro atoms. The van der Waals surface area contributed by atoms with E-state index in [1.54, 1.807) is 30.3 Å². The highest BCUT2D eigenvalue weighted by molar-refractivity contribution is 6.31. The Morgan fingerprint density at radius 1 is 1.28 bits per heavy atom. The number of carbonyl (C=O) groups excluding carboxylic acids is 1. The molecule has 1 N–H and O–H groups in total. The summed E-state index contributed by atoms with van der Waals surface area (Å²) in [6.07, 6.45) is 0.414. The molecule has 0 bridgehead atoms. The summed E-state index contributed by atoms with van der Waals surface area (Å²) < 4.78 is 18.8. The Hall–Kier alpha value is -2.73. The van der Waals surface area contributed by atoms with Gasteiger partial charge in [0.1, 0.15) is 5.82 Å². The van der Waals surface area contributed by atoms with Crippen molar-refractivity contribution in [1.82, 2.24) is 10.1 Å². The van der Waals surface area contributed by atoms with Gasteiger partial charge in [-0.3, -0.25) is 4.79 Å². The molecule has 25 heavy (non-hydrogen) atoms. The van der Waals surface area contributed by atoms with Crippen LogP contribution in [0.4, 0.5) is 10.1 Å². The molecule has 0 saturated carbocycles. The highest BCUT2D eigenvalue weighted by Crippen LogP contribution is 2.21. The number of hydrogen-bond donors (Lipinski definition) is 1. The van der Waals surface area contributed by atoms with E-state index in [0.29, 0.717) is 10.7 Å². The maximum Gasteiger partial charge on any atom is 0.227 e. The normalized spacial score (nSPS) is 10.7. The van der Waals surface area contributed by atoms with E-state index in [1.807, 2.05) is 13.0 Å². The summed E-state index contributed by atoms with van der Waals surface area (Å²) in [5.74, 6) is -0.191. The molecule has 3 rings (SSSR count). The van der Waals surface area contributed by atoms with Gasteiger partial charge in [0.25, 0.3) is 0 Å². The van der Waals surface area contributed by atoms with Gasteiger partial charge in [0.05, 0.1) is 5.56 Å². The molecule has 5 nitrogen and oxygen atoms in total. The maximum absolute atomic E-state index is 13.7. The average molecular weight is 360 g/mol. The fourth-order valence-corrected chi connectivity index (χ4v) is 2.40. The Morgan fingerprint density at radius 2 is 2.08 bits per heavy atom. The van der Waals surface area contributed by atoms with Crippen LogP contribution in [0.1, 0.15) is 17.9 Å². The van der Waals surface area contributed by atoms with Gasteiger partial charge in [0, 0.05) is 23.6 Å². The zero-order valence-corrected chi connectivity index (χ0v) is 14.2. The van der Waals surface area contributed by atoms with Crippen LogP contribution in [0.15, 0.2) is 47.0 Å². The van der Waals surface area contributed by atoms with Crippen molar-refractivity contribution in [2.75, 3.05) is 5.32 Å². The van der Waals surface area contributed by atoms with Crippen molar-refractivity contribution in [2.45, 2.75) is 19.8 Å². The van der Waals surface area contributed by atoms with E-state index in [1.165, 1.54) is 6.07 Å². The maximum atomic E-state index is 13.7. The van der Waals surface area contributed by atoms with E-state index in [2.05, 4.69) is 15.5 Å². The Balaban J connectivity index is 1.59. The number of carbonyl (C=O) groups is 1. The molecule has 1 aromatic heterocycles. The molecule has 0 atom stereocenters. The van der Waals surface area contributed by atoms with Gasteiger partial charge in [0.15, 0.2) is 0 Å². The lowest BCUT2D eigenvalue weighted by Crippen LogP contribution is -2.12. The molecule has 128 valence electrons. The van der Waals surface area contributed by atoms with Crippen LogP contribution >= 0.6 is 11.6 Å². The smallest absolute Gasteiger partial charge is 0.227 e. The van der Waals surface area contributed by atoms with Gasteiger partial charge in [-0.1, -0.05) is 35.0 Å². The van der Waals surface area contributed by atoms with E-state index in [4.69, 9.17) is 16.1 Å². The zero-order chi connectivity index (χ0) is 17.8. The van der Waals surface area contributed by atoms with Crippen molar-refractivity contribution in [1.29, 1.82) is 0 Å². The van der Waals surface area contributed by atoms with Crippen molar-refractivity contribution < 1.29 is 13.7 Å². The Kier molecular flexibility index (Phi) is 5.09. The van der Waals surface area contributed by atoms with Crippen LogP contribution in [0.2, 0.25) is 5.02 Å². The molecule has 0 unspecified atom stereocenters. The highest BCUT2D eigenvalue weighted by atomic mass is 35.5. The minimum atomic E-state index is -0.427. The Labute approximate surface area is 148 Å². The summed E-state index contributed by atoms with van der Waals surface area (Å²) in [6, 6.07) is 11.5. The predicted molar refractivity (Wildman–Crippen MR) is 92.8 cm³/mol. The summed E-state index contributed by atoms with van der Waals surface area (Å²) in [6.45, 7) is 1.89. The van der Waals surface area contributed by atoms with Crippen molar-refractivity contribution in [3.63, 3.8) is 0 Å². The van der Waals surface area contributed by atoms with Crippen molar-refractivity contribution >= 4 is 23.2 Å². The Bertz CT molecular complexity index is 911. The quantitative estimate of drug-likeness (QED) is 0.732. The van der Waals surface area contributed by atoms with Gasteiger partial charge in [-0.15, -0.1) is 0 Å². The predicted octanol–water partition coefficient (Wildman–Crippen LogP) is 4.41. The van der Waals surface area contributed by atoms with Crippen LogP contribution in [0, 0.1) is 12.7 Å². The third-order valence-electron chi connectivity index (χ3n) is 3.60. The first-order chi connectivity index (χ1) is 12.0. The van der Waals surface area contributed by atoms with Crippen LogP contribution in [0.5, 0.6) is 0 Å². The second kappa shape index (κ2) is 7.44. The molecule has 0 aliphatic rings. The van der Waals surface area contributed by atoms with Gasteiger partial charge in [-0.25, -0.2) is 4.39 Å². The van der Waals surface area contributed by atoms with Crippen LogP contribution in [-0.4, -0.2) is 16.0 Å². The molecule has 1 heterocycles. The van der Waals surface area contributed by atoms with Crippen LogP contribution < -0.4 is 5.32 Å². The molecule has 0 saturated heterocycles. The molecule has 2 aromatic carbocycles. The second-order valence-corrected chi connectivity index (χ2v) is 5.91. The summed E-state index contributed by atoms with van der Waals surface area (Å²) in [5, 5.41) is 7.10. The van der Waals surface area contributed by atoms with Crippen molar-refractivity contribution in [3.05, 3.63) is 64.8 Å². The molecule has 0 aliphatic heterocycles. The number of hydrogen-bond acceptors (Lipinski definition) is 4. The number of nitrogens with one attached hydrogen (secondary N) is 1. The van der Waals surface area contributed by atoms with E-state index in [9.17, 15) is 9.18 Å². The van der Waals surface area contributed by atoms with Crippen molar-refractivity contribution in [3.8, 4) is 11.4 Å². The topological polar surface area (TPSA) is 68.0 Å². The molecule has 1 amide bonds. The fraction of sp³-hybridized carbons (Fsp3) is 0.167. The molecule has 0 radical (unpaired) electrons. The summed E-state index contributed by atoms with van der Waals surface area (Å²) in [5.41, 5.74) is 1.82.